The number of benzene rings is 1. The molecule has 0 spiro atoms. The zero-order chi connectivity index (χ0) is 16.3. The first-order valence-electron chi connectivity index (χ1n) is 7.76. The maximum absolute atomic E-state index is 9.29. The molecule has 0 saturated heterocycles. The van der Waals surface area contributed by atoms with Gasteiger partial charge in [-0.3, -0.25) is 0 Å². The van der Waals surface area contributed by atoms with E-state index in [4.69, 9.17) is 4.74 Å². The van der Waals surface area contributed by atoms with Gasteiger partial charge in [0, 0.05) is 23.7 Å². The summed E-state index contributed by atoms with van der Waals surface area (Å²) in [6.07, 6.45) is 0.259. The van der Waals surface area contributed by atoms with E-state index < -0.39 is 0 Å². The average Bonchev–Trinajstić information content (AvgIpc) is 2.42. The molecule has 1 aromatic carbocycles. The summed E-state index contributed by atoms with van der Waals surface area (Å²) in [5, 5.41) is 9.29. The Morgan fingerprint density at radius 1 is 1.14 bits per heavy atom. The number of aryl methyl sites for hydroxylation is 3. The highest BCUT2D eigenvalue weighted by molar-refractivity contribution is 5.73. The third kappa shape index (κ3) is 3.66. The van der Waals surface area contributed by atoms with Gasteiger partial charge in [-0.2, -0.15) is 0 Å². The molecule has 3 nitrogen and oxygen atoms in total. The summed E-state index contributed by atoms with van der Waals surface area (Å²) in [6, 6.07) is 8.34. The number of nitrogens with zero attached hydrogens (tertiary/aromatic N) is 1. The van der Waals surface area contributed by atoms with Gasteiger partial charge in [0.1, 0.15) is 0 Å². The lowest BCUT2D eigenvalue weighted by atomic mass is 9.93. The number of ether oxygens (including phenoxy) is 1. The van der Waals surface area contributed by atoms with Gasteiger partial charge >= 0.3 is 0 Å². The molecular weight excluding hydrogens is 274 g/mol. The quantitative estimate of drug-likeness (QED) is 0.902. The van der Waals surface area contributed by atoms with Crippen molar-refractivity contribution in [3.8, 4) is 17.0 Å². The molecule has 118 valence electrons. The van der Waals surface area contributed by atoms with E-state index in [9.17, 15) is 5.11 Å². The molecule has 0 bridgehead atoms. The molecule has 0 radical (unpaired) electrons. The van der Waals surface area contributed by atoms with Crippen molar-refractivity contribution in [1.82, 2.24) is 4.98 Å². The fraction of sp³-hybridized carbons (Fsp3) is 0.421. The number of aromatic nitrogens is 1. The maximum atomic E-state index is 9.29. The third-order valence-corrected chi connectivity index (χ3v) is 4.03. The van der Waals surface area contributed by atoms with E-state index in [2.05, 4.69) is 44.0 Å². The molecular formula is C19H25NO2. The van der Waals surface area contributed by atoms with Crippen LogP contribution in [0.15, 0.2) is 24.3 Å². The van der Waals surface area contributed by atoms with Crippen LogP contribution in [0.2, 0.25) is 0 Å². The van der Waals surface area contributed by atoms with Crippen LogP contribution in [0.1, 0.15) is 35.7 Å². The zero-order valence-corrected chi connectivity index (χ0v) is 14.1. The van der Waals surface area contributed by atoms with Crippen LogP contribution in [0.4, 0.5) is 0 Å². The van der Waals surface area contributed by atoms with E-state index in [0.717, 1.165) is 11.3 Å². The van der Waals surface area contributed by atoms with Crippen LogP contribution in [0, 0.1) is 27.7 Å². The van der Waals surface area contributed by atoms with Crippen LogP contribution in [0.3, 0.4) is 0 Å². The molecule has 1 heterocycles. The molecule has 1 N–H and O–H groups in total. The number of aliphatic hydroxyl groups is 1. The van der Waals surface area contributed by atoms with Gasteiger partial charge in [-0.15, -0.1) is 0 Å². The molecule has 1 atom stereocenters. The van der Waals surface area contributed by atoms with E-state index in [1.54, 1.807) is 6.92 Å². The van der Waals surface area contributed by atoms with Gasteiger partial charge in [0.25, 0.3) is 0 Å². The van der Waals surface area contributed by atoms with Gasteiger partial charge in [-0.25, -0.2) is 4.98 Å². The topological polar surface area (TPSA) is 42.4 Å². The van der Waals surface area contributed by atoms with E-state index in [0.29, 0.717) is 18.9 Å². The predicted molar refractivity (Wildman–Crippen MR) is 90.4 cm³/mol. The zero-order valence-electron chi connectivity index (χ0n) is 14.1. The van der Waals surface area contributed by atoms with Crippen molar-refractivity contribution in [2.75, 3.05) is 6.61 Å². The van der Waals surface area contributed by atoms with Crippen molar-refractivity contribution in [2.24, 2.45) is 0 Å². The number of rotatable bonds is 5. The molecule has 0 aliphatic heterocycles. The minimum atomic E-state index is -0.351. The molecule has 0 fully saturated rings. The van der Waals surface area contributed by atoms with Crippen LogP contribution in [-0.4, -0.2) is 22.8 Å². The van der Waals surface area contributed by atoms with Crippen molar-refractivity contribution in [3.63, 3.8) is 0 Å². The number of hydrogen-bond donors (Lipinski definition) is 1. The second-order valence-electron chi connectivity index (χ2n) is 5.97. The Morgan fingerprint density at radius 3 is 2.50 bits per heavy atom. The largest absolute Gasteiger partial charge is 0.478 e. The van der Waals surface area contributed by atoms with E-state index in [1.165, 1.54) is 22.3 Å². The van der Waals surface area contributed by atoms with Gasteiger partial charge < -0.3 is 9.84 Å². The first kappa shape index (κ1) is 16.5. The van der Waals surface area contributed by atoms with Crippen molar-refractivity contribution < 1.29 is 9.84 Å². The molecule has 2 rings (SSSR count). The lowest BCUT2D eigenvalue weighted by Gasteiger charge is -2.16. The maximum Gasteiger partial charge on any atom is 0.213 e. The van der Waals surface area contributed by atoms with Crippen LogP contribution in [0.25, 0.3) is 11.1 Å². The summed E-state index contributed by atoms with van der Waals surface area (Å²) >= 11 is 0. The summed E-state index contributed by atoms with van der Waals surface area (Å²) in [4.78, 5) is 4.57. The standard InChI is InChI=1S/C19H25NO2/c1-12-7-6-8-17(15(12)4)19-13(2)11-18(20-16(19)5)22-10-9-14(3)21/h6-8,11,14,21H,9-10H2,1-5H3/t14-/m1/s1. The summed E-state index contributed by atoms with van der Waals surface area (Å²) in [5.74, 6) is 0.629. The van der Waals surface area contributed by atoms with Gasteiger partial charge in [0.2, 0.25) is 5.88 Å². The smallest absolute Gasteiger partial charge is 0.213 e. The van der Waals surface area contributed by atoms with Crippen molar-refractivity contribution in [2.45, 2.75) is 47.1 Å². The molecule has 3 heteroatoms. The first-order chi connectivity index (χ1) is 10.4. The van der Waals surface area contributed by atoms with Gasteiger partial charge in [-0.05, 0) is 56.9 Å². The Balaban J connectivity index is 2.33. The van der Waals surface area contributed by atoms with Gasteiger partial charge in [-0.1, -0.05) is 18.2 Å². The fourth-order valence-electron chi connectivity index (χ4n) is 2.63. The second kappa shape index (κ2) is 6.93. The molecule has 22 heavy (non-hydrogen) atoms. The second-order valence-corrected chi connectivity index (χ2v) is 5.97. The molecule has 0 unspecified atom stereocenters. The first-order valence-corrected chi connectivity index (χ1v) is 7.76. The fourth-order valence-corrected chi connectivity index (χ4v) is 2.63. The van der Waals surface area contributed by atoms with Crippen molar-refractivity contribution >= 4 is 0 Å². The highest BCUT2D eigenvalue weighted by Gasteiger charge is 2.12. The average molecular weight is 299 g/mol. The summed E-state index contributed by atoms with van der Waals surface area (Å²) in [5.41, 5.74) is 7.13. The van der Waals surface area contributed by atoms with Gasteiger partial charge in [0.05, 0.1) is 12.7 Å². The minimum absolute atomic E-state index is 0.351. The predicted octanol–water partition coefficient (Wildman–Crippen LogP) is 4.13. The molecule has 0 saturated carbocycles. The van der Waals surface area contributed by atoms with Crippen LogP contribution >= 0.6 is 0 Å². The number of aliphatic hydroxyl groups excluding tert-OH is 1. The Hall–Kier alpha value is -1.87. The van der Waals surface area contributed by atoms with Crippen molar-refractivity contribution in [3.05, 3.63) is 46.6 Å². The Kier molecular flexibility index (Phi) is 5.19. The lowest BCUT2D eigenvalue weighted by molar-refractivity contribution is 0.154. The third-order valence-electron chi connectivity index (χ3n) is 4.03. The molecule has 2 aromatic rings. The van der Waals surface area contributed by atoms with Crippen LogP contribution in [-0.2, 0) is 0 Å². The molecule has 1 aromatic heterocycles. The highest BCUT2D eigenvalue weighted by Crippen LogP contribution is 2.32. The number of pyridine rings is 1. The summed E-state index contributed by atoms with van der Waals surface area (Å²) in [6.45, 7) is 10.6. The number of hydrogen-bond acceptors (Lipinski definition) is 3. The molecule has 0 aliphatic rings. The Morgan fingerprint density at radius 2 is 1.86 bits per heavy atom. The van der Waals surface area contributed by atoms with Gasteiger partial charge in [0.15, 0.2) is 0 Å². The Labute approximate surface area is 133 Å². The highest BCUT2D eigenvalue weighted by atomic mass is 16.5. The summed E-state index contributed by atoms with van der Waals surface area (Å²) < 4.78 is 5.65. The van der Waals surface area contributed by atoms with E-state index in [1.807, 2.05) is 13.0 Å². The van der Waals surface area contributed by atoms with E-state index in [-0.39, 0.29) is 6.10 Å². The normalized spacial score (nSPS) is 12.3. The van der Waals surface area contributed by atoms with Crippen molar-refractivity contribution in [1.29, 1.82) is 0 Å². The Bertz CT molecular complexity index is 639. The molecule has 0 amide bonds. The minimum Gasteiger partial charge on any atom is -0.478 e. The lowest BCUT2D eigenvalue weighted by Crippen LogP contribution is -2.09. The monoisotopic (exact) mass is 299 g/mol. The van der Waals surface area contributed by atoms with E-state index >= 15 is 0 Å². The molecule has 0 aliphatic carbocycles. The summed E-state index contributed by atoms with van der Waals surface area (Å²) in [7, 11) is 0. The van der Waals surface area contributed by atoms with Crippen LogP contribution in [0.5, 0.6) is 5.88 Å². The van der Waals surface area contributed by atoms with Crippen LogP contribution < -0.4 is 4.74 Å². The SMILES string of the molecule is Cc1cccc(-c2c(C)cc(OCC[C@@H](C)O)nc2C)c1C.